The first-order chi connectivity index (χ1) is 41.4. The van der Waals surface area contributed by atoms with E-state index in [0.717, 1.165) is 109 Å². The molecule has 390 valence electrons. The lowest BCUT2D eigenvalue weighted by Gasteiger charge is -2.14. The van der Waals surface area contributed by atoms with Gasteiger partial charge in [0, 0.05) is 104 Å². The van der Waals surface area contributed by atoms with Crippen molar-refractivity contribution in [2.24, 2.45) is 27.1 Å². The molecule has 6 heterocycles. The predicted octanol–water partition coefficient (Wildman–Crippen LogP) is 14.8. The molecule has 3 aliphatic carbocycles. The molecule has 3 aliphatic rings. The largest absolute Gasteiger partial charge is 0.257 e. The van der Waals surface area contributed by atoms with Gasteiger partial charge in [0.05, 0.1) is 33.8 Å². The number of nitrogens with zero attached hydrogens (tertiary/aromatic N) is 6. The van der Waals surface area contributed by atoms with Crippen molar-refractivity contribution in [3.05, 3.63) is 211 Å². The average molecular weight is 1030 g/mol. The molecule has 77 heavy (non-hydrogen) atoms. The molecule has 0 spiro atoms. The number of benzene rings is 3. The van der Waals surface area contributed by atoms with Gasteiger partial charge in [-0.1, -0.05) is 82.3 Å². The van der Waals surface area contributed by atoms with Crippen LogP contribution in [-0.2, 0) is 46.8 Å². The van der Waals surface area contributed by atoms with E-state index in [1.807, 2.05) is 93.7 Å². The Kier molecular flexibility index (Phi) is 10.8. The maximum absolute atomic E-state index is 8.71. The SMILES string of the molecule is [2H]C([2H])([2H])c1c[n+](C)c(-c2c(C)ccc3c2Cc2nc(C)ccc2-3)cc1C.[2H]C([2H])([2H])c1c[n+](C)c(-c2c(C)ccc3c2Cc2nc(C)ccc2-3)cc1C([2H])(C)C.[2H]C([2H])([2H])c1c[n+](C)c(-c2c(C)ccc3c2Cc2nc(C)ccc2-3)cc1C([2H])([2H])C(C)C. The van der Waals surface area contributed by atoms with Gasteiger partial charge in [0.15, 0.2) is 18.6 Å². The summed E-state index contributed by atoms with van der Waals surface area (Å²) in [5, 5.41) is 0. The van der Waals surface area contributed by atoms with E-state index in [2.05, 4.69) is 74.5 Å². The van der Waals surface area contributed by atoms with Crippen LogP contribution < -0.4 is 13.7 Å². The Labute approximate surface area is 476 Å². The van der Waals surface area contributed by atoms with Gasteiger partial charge in [-0.25, -0.2) is 13.7 Å². The summed E-state index contributed by atoms with van der Waals surface area (Å²) in [5.74, 6) is -1.40. The van der Waals surface area contributed by atoms with Crippen molar-refractivity contribution in [3.8, 4) is 67.2 Å². The van der Waals surface area contributed by atoms with Gasteiger partial charge in [0.2, 0.25) is 17.1 Å². The van der Waals surface area contributed by atoms with Crippen molar-refractivity contribution >= 4 is 0 Å². The molecule has 0 saturated heterocycles. The molecular formula is C71H79N6+3. The number of hydrogen-bond acceptors (Lipinski definition) is 3. The Morgan fingerprint density at radius 2 is 0.805 bits per heavy atom. The normalized spacial score (nSPS) is 15.5. The second-order valence-electron chi connectivity index (χ2n) is 22.1. The van der Waals surface area contributed by atoms with Crippen LogP contribution in [0.15, 0.2) is 110 Å². The minimum atomic E-state index is -2.40. The lowest BCUT2D eigenvalue weighted by molar-refractivity contribution is -0.661. The molecule has 9 aromatic rings. The average Bonchev–Trinajstić information content (AvgIpc) is 1.76. The van der Waals surface area contributed by atoms with Crippen molar-refractivity contribution in [2.45, 2.75) is 128 Å². The van der Waals surface area contributed by atoms with E-state index < -0.39 is 32.8 Å². The van der Waals surface area contributed by atoms with Gasteiger partial charge in [-0.2, -0.15) is 0 Å². The Morgan fingerprint density at radius 1 is 0.442 bits per heavy atom. The molecule has 0 N–H and O–H groups in total. The van der Waals surface area contributed by atoms with Gasteiger partial charge in [0.25, 0.3) is 0 Å². The van der Waals surface area contributed by atoms with E-state index in [9.17, 15) is 0 Å². The van der Waals surface area contributed by atoms with Crippen LogP contribution in [-0.4, -0.2) is 15.0 Å². The summed E-state index contributed by atoms with van der Waals surface area (Å²) in [6, 6.07) is 31.0. The molecule has 3 aromatic carbocycles. The third-order valence-electron chi connectivity index (χ3n) is 15.6. The minimum Gasteiger partial charge on any atom is -0.257 e. The standard InChI is InChI=1S/C25H29N2.C24H27N2.C22H23N2/c1-15(2)11-19-12-24(27(6)14-17(19)4)25-16(3)7-9-20-21-10-8-18(5)26-23(21)13-22(20)25;1-14(2)20-12-23(26(6)13-16(20)4)24-15(3)7-9-18-19-10-8-17(5)25-22(19)11-21(18)24;1-13-6-8-17-18-9-7-16(4)23-20(18)11-19(17)22(13)21-10-14(2)15(3)12-24(21)5/h7-10,12,14-15H,11,13H2,1-6H3;7-10,12-14H,11H2,1-6H3;6-10,12H,11H2,1-5H3/q3*+1/i4D3,11D2;4D3,14D;3D3. The van der Waals surface area contributed by atoms with E-state index in [1.54, 1.807) is 52.4 Å². The molecule has 12 rings (SSSR count). The molecule has 0 amide bonds. The van der Waals surface area contributed by atoms with Crippen LogP contribution in [0.5, 0.6) is 0 Å². The van der Waals surface area contributed by atoms with Crippen LogP contribution in [0.25, 0.3) is 67.2 Å². The van der Waals surface area contributed by atoms with Gasteiger partial charge in [-0.15, -0.1) is 0 Å². The van der Waals surface area contributed by atoms with Crippen LogP contribution in [0.4, 0.5) is 0 Å². The minimum absolute atomic E-state index is 0.0632. The molecule has 0 saturated carbocycles. The van der Waals surface area contributed by atoms with E-state index >= 15 is 0 Å². The maximum atomic E-state index is 8.71. The third-order valence-corrected chi connectivity index (χ3v) is 15.6. The van der Waals surface area contributed by atoms with Gasteiger partial charge >= 0.3 is 0 Å². The summed E-state index contributed by atoms with van der Waals surface area (Å²) in [6.45, 7) is 14.4. The predicted molar refractivity (Wildman–Crippen MR) is 317 cm³/mol. The van der Waals surface area contributed by atoms with Crippen molar-refractivity contribution in [2.75, 3.05) is 0 Å². The van der Waals surface area contributed by atoms with Crippen LogP contribution in [0.2, 0.25) is 0 Å². The third kappa shape index (κ3) is 9.97. The summed E-state index contributed by atoms with van der Waals surface area (Å²) >= 11 is 0. The molecular weight excluding hydrogens is 937 g/mol. The molecule has 0 atom stereocenters. The summed E-state index contributed by atoms with van der Waals surface area (Å²) in [5.41, 5.74) is 28.7. The maximum Gasteiger partial charge on any atom is 0.213 e. The van der Waals surface area contributed by atoms with Crippen LogP contribution in [0.1, 0.15) is 151 Å². The van der Waals surface area contributed by atoms with Crippen LogP contribution in [0.3, 0.4) is 0 Å². The van der Waals surface area contributed by atoms with Gasteiger partial charge in [-0.3, -0.25) is 15.0 Å². The topological polar surface area (TPSA) is 50.3 Å². The zero-order chi connectivity index (χ0) is 65.1. The van der Waals surface area contributed by atoms with E-state index in [-0.39, 0.29) is 22.6 Å². The van der Waals surface area contributed by atoms with Gasteiger partial charge in [0.1, 0.15) is 21.1 Å². The van der Waals surface area contributed by atoms with Crippen molar-refractivity contribution in [1.82, 2.24) is 15.0 Å². The highest BCUT2D eigenvalue weighted by Crippen LogP contribution is 2.45. The Bertz CT molecular complexity index is 4360. The number of hydrogen-bond donors (Lipinski definition) is 0. The van der Waals surface area contributed by atoms with E-state index in [0.29, 0.717) is 17.5 Å². The Hall–Kier alpha value is -7.44. The van der Waals surface area contributed by atoms with E-state index in [4.69, 9.17) is 31.4 Å². The Balaban J connectivity index is 0.000000148. The fourth-order valence-electron chi connectivity index (χ4n) is 11.8. The second-order valence-corrected chi connectivity index (χ2v) is 22.1. The number of aromatic nitrogens is 6. The first-order valence-electron chi connectivity index (χ1n) is 32.8. The van der Waals surface area contributed by atoms with E-state index in [1.165, 1.54) is 44.5 Å². The molecule has 6 heteroatoms. The summed E-state index contributed by atoms with van der Waals surface area (Å²) in [6.07, 6.45) is 5.50. The number of pyridine rings is 6. The number of rotatable bonds is 6. The monoisotopic (exact) mass is 1030 g/mol. The lowest BCUT2D eigenvalue weighted by atomic mass is 9.91. The summed E-state index contributed by atoms with van der Waals surface area (Å²) in [4.78, 5) is 14.2. The highest BCUT2D eigenvalue weighted by molar-refractivity contribution is 5.87. The number of fused-ring (bicyclic) bond motifs is 9. The zero-order valence-electron chi connectivity index (χ0n) is 59.3. The highest BCUT2D eigenvalue weighted by Gasteiger charge is 2.31. The fourth-order valence-corrected chi connectivity index (χ4v) is 11.8. The molecule has 0 radical (unpaired) electrons. The summed E-state index contributed by atoms with van der Waals surface area (Å²) < 4.78 is 103. The van der Waals surface area contributed by atoms with Gasteiger partial charge in [-0.05, 0) is 172 Å². The first-order valence-corrected chi connectivity index (χ1v) is 26.8. The molecule has 6 nitrogen and oxygen atoms in total. The second kappa shape index (κ2) is 20.8. The smallest absolute Gasteiger partial charge is 0.213 e. The molecule has 0 bridgehead atoms. The lowest BCUT2D eigenvalue weighted by Crippen LogP contribution is -2.32. The molecule has 0 aliphatic heterocycles. The molecule has 6 aromatic heterocycles. The van der Waals surface area contributed by atoms with Crippen LogP contribution in [0, 0.1) is 74.9 Å². The molecule has 0 fully saturated rings. The summed E-state index contributed by atoms with van der Waals surface area (Å²) in [7, 11) is 5.64. The zero-order valence-corrected chi connectivity index (χ0v) is 47.3. The van der Waals surface area contributed by atoms with Crippen LogP contribution >= 0.6 is 0 Å². The number of aryl methyl sites for hydroxylation is 13. The Morgan fingerprint density at radius 3 is 1.19 bits per heavy atom. The van der Waals surface area contributed by atoms with Crippen molar-refractivity contribution in [1.29, 1.82) is 0 Å². The fraction of sp³-hybridized carbons (Fsp3) is 0.324. The highest BCUT2D eigenvalue weighted by atomic mass is 14.9. The van der Waals surface area contributed by atoms with Gasteiger partial charge < -0.3 is 0 Å². The quantitative estimate of drug-likeness (QED) is 0.156. The van der Waals surface area contributed by atoms with Crippen molar-refractivity contribution < 1.29 is 30.2 Å². The first kappa shape index (κ1) is 39.9. The van der Waals surface area contributed by atoms with Crippen molar-refractivity contribution in [3.63, 3.8) is 0 Å². The molecule has 0 unspecified atom stereocenters.